The molecule has 4 heteroatoms. The number of rotatable bonds is 5. The van der Waals surface area contributed by atoms with E-state index in [-0.39, 0.29) is 0 Å². The van der Waals surface area contributed by atoms with Crippen molar-refractivity contribution in [1.82, 2.24) is 15.0 Å². The van der Waals surface area contributed by atoms with Crippen LogP contribution in [0.5, 0.6) is 0 Å². The second kappa shape index (κ2) is 11.5. The number of hydrogen-bond donors (Lipinski definition) is 0. The molecule has 0 saturated carbocycles. The quantitative estimate of drug-likeness (QED) is 0.176. The lowest BCUT2D eigenvalue weighted by Crippen LogP contribution is -2.00. The Hall–Kier alpha value is -6.65. The Balaban J connectivity index is 1.11. The van der Waals surface area contributed by atoms with Gasteiger partial charge >= 0.3 is 0 Å². The van der Waals surface area contributed by atoms with Crippen molar-refractivity contribution in [2.45, 2.75) is 6.42 Å². The molecule has 0 amide bonds. The van der Waals surface area contributed by atoms with Gasteiger partial charge in [-0.3, -0.25) is 0 Å². The molecule has 0 fully saturated rings. The van der Waals surface area contributed by atoms with Crippen LogP contribution in [0.2, 0.25) is 0 Å². The molecule has 234 valence electrons. The molecule has 0 atom stereocenters. The summed E-state index contributed by atoms with van der Waals surface area (Å²) in [5, 5.41) is 9.77. The number of hydrogen-bond acceptors (Lipinski definition) is 4. The molecule has 0 N–H and O–H groups in total. The Morgan fingerprint density at radius 1 is 0.360 bits per heavy atom. The minimum absolute atomic E-state index is 0.616. The van der Waals surface area contributed by atoms with E-state index in [1.165, 1.54) is 43.4 Å². The predicted octanol–water partition coefficient (Wildman–Crippen LogP) is 11.8. The van der Waals surface area contributed by atoms with Gasteiger partial charge in [-0.15, -0.1) is 0 Å². The van der Waals surface area contributed by atoms with Crippen molar-refractivity contribution in [3.63, 3.8) is 0 Å². The van der Waals surface area contributed by atoms with E-state index in [1.807, 2.05) is 72.8 Å². The summed E-state index contributed by atoms with van der Waals surface area (Å²) in [6.45, 7) is 0. The van der Waals surface area contributed by atoms with Crippen molar-refractivity contribution in [1.29, 1.82) is 0 Å². The van der Waals surface area contributed by atoms with Gasteiger partial charge in [-0.05, 0) is 68.1 Å². The second-order valence-electron chi connectivity index (χ2n) is 12.8. The van der Waals surface area contributed by atoms with Gasteiger partial charge in [0.1, 0.15) is 11.2 Å². The summed E-state index contributed by atoms with van der Waals surface area (Å²) in [6, 6.07) is 57.2. The van der Waals surface area contributed by atoms with Gasteiger partial charge in [0.2, 0.25) is 0 Å². The maximum Gasteiger partial charge on any atom is 0.164 e. The SMILES string of the molecule is c1ccc(-c2nc(-c3ccccc3)nc(-c3cccc4oc5ccc(Cc6ccc7c8ccccc8c8ccccc8c7c6)cc5c34)n2)cc1. The summed E-state index contributed by atoms with van der Waals surface area (Å²) >= 11 is 0. The highest BCUT2D eigenvalue weighted by Gasteiger charge is 2.18. The average molecular weight is 640 g/mol. The Kier molecular flexibility index (Phi) is 6.53. The van der Waals surface area contributed by atoms with E-state index in [0.717, 1.165) is 45.0 Å². The zero-order valence-corrected chi connectivity index (χ0v) is 27.0. The van der Waals surface area contributed by atoms with E-state index in [4.69, 9.17) is 19.4 Å². The lowest BCUT2D eigenvalue weighted by atomic mass is 9.92. The van der Waals surface area contributed by atoms with Gasteiger partial charge in [0.05, 0.1) is 0 Å². The van der Waals surface area contributed by atoms with E-state index in [0.29, 0.717) is 17.5 Å². The van der Waals surface area contributed by atoms with Crippen LogP contribution in [0.1, 0.15) is 11.1 Å². The first-order valence-electron chi connectivity index (χ1n) is 16.9. The second-order valence-corrected chi connectivity index (χ2v) is 12.8. The summed E-state index contributed by atoms with van der Waals surface area (Å²) in [4.78, 5) is 15.0. The Morgan fingerprint density at radius 3 is 1.48 bits per heavy atom. The van der Waals surface area contributed by atoms with Gasteiger partial charge < -0.3 is 4.42 Å². The molecule has 8 aromatic carbocycles. The van der Waals surface area contributed by atoms with Gasteiger partial charge in [-0.2, -0.15) is 0 Å². The zero-order chi connectivity index (χ0) is 33.0. The molecule has 10 rings (SSSR count). The molecular weight excluding hydrogens is 611 g/mol. The first-order valence-corrected chi connectivity index (χ1v) is 16.9. The van der Waals surface area contributed by atoms with Gasteiger partial charge in [0.25, 0.3) is 0 Å². The smallest absolute Gasteiger partial charge is 0.164 e. The summed E-state index contributed by atoms with van der Waals surface area (Å²) in [7, 11) is 0. The molecule has 0 spiro atoms. The lowest BCUT2D eigenvalue weighted by Gasteiger charge is -2.12. The molecule has 50 heavy (non-hydrogen) atoms. The standard InChI is InChI=1S/C46H29N3O/c1-3-12-31(13-4-1)44-47-45(32-14-5-2-6-15-32)49-46(48-44)38-20-11-21-42-43(38)40-28-30(23-25-41(40)50-42)26-29-22-24-37-35-18-8-7-16-33(35)34-17-9-10-19-36(34)39(37)27-29/h1-25,27-28H,26H2. The highest BCUT2D eigenvalue weighted by Crippen LogP contribution is 2.38. The molecule has 0 aliphatic heterocycles. The fourth-order valence-corrected chi connectivity index (χ4v) is 7.40. The third kappa shape index (κ3) is 4.73. The third-order valence-electron chi connectivity index (χ3n) is 9.72. The Morgan fingerprint density at radius 2 is 0.860 bits per heavy atom. The van der Waals surface area contributed by atoms with Crippen LogP contribution in [0.4, 0.5) is 0 Å². The van der Waals surface area contributed by atoms with Gasteiger partial charge in [-0.1, -0.05) is 146 Å². The minimum Gasteiger partial charge on any atom is -0.456 e. The molecule has 2 heterocycles. The van der Waals surface area contributed by atoms with Crippen LogP contribution in [-0.4, -0.2) is 15.0 Å². The maximum atomic E-state index is 6.43. The Bertz CT molecular complexity index is 2800. The maximum absolute atomic E-state index is 6.43. The van der Waals surface area contributed by atoms with Crippen LogP contribution in [0.3, 0.4) is 0 Å². The first kappa shape index (κ1) is 28.4. The highest BCUT2D eigenvalue weighted by atomic mass is 16.3. The third-order valence-corrected chi connectivity index (χ3v) is 9.72. The van der Waals surface area contributed by atoms with E-state index < -0.39 is 0 Å². The largest absolute Gasteiger partial charge is 0.456 e. The van der Waals surface area contributed by atoms with E-state index in [1.54, 1.807) is 0 Å². The van der Waals surface area contributed by atoms with Crippen molar-refractivity contribution in [3.05, 3.63) is 175 Å². The molecule has 0 saturated heterocycles. The van der Waals surface area contributed by atoms with Gasteiger partial charge in [0.15, 0.2) is 17.5 Å². The fourth-order valence-electron chi connectivity index (χ4n) is 7.40. The lowest BCUT2D eigenvalue weighted by molar-refractivity contribution is 0.669. The number of aromatic nitrogens is 3. The molecule has 2 aromatic heterocycles. The fraction of sp³-hybridized carbons (Fsp3) is 0.0217. The van der Waals surface area contributed by atoms with Gasteiger partial charge in [0, 0.05) is 27.5 Å². The van der Waals surface area contributed by atoms with Crippen molar-refractivity contribution in [3.8, 4) is 34.2 Å². The number of benzene rings is 8. The van der Waals surface area contributed by atoms with Crippen molar-refractivity contribution in [2.24, 2.45) is 0 Å². The number of fused-ring (bicyclic) bond motifs is 9. The van der Waals surface area contributed by atoms with Crippen LogP contribution in [0.15, 0.2) is 168 Å². The molecule has 4 nitrogen and oxygen atoms in total. The highest BCUT2D eigenvalue weighted by molar-refractivity contribution is 6.25. The number of furan rings is 1. The molecule has 0 bridgehead atoms. The van der Waals surface area contributed by atoms with Crippen molar-refractivity contribution >= 4 is 54.3 Å². The molecule has 10 aromatic rings. The molecule has 0 radical (unpaired) electrons. The molecular formula is C46H29N3O. The van der Waals surface area contributed by atoms with E-state index in [2.05, 4.69) is 91.0 Å². The predicted molar refractivity (Wildman–Crippen MR) is 205 cm³/mol. The van der Waals surface area contributed by atoms with Crippen molar-refractivity contribution < 1.29 is 4.42 Å². The zero-order valence-electron chi connectivity index (χ0n) is 27.0. The summed E-state index contributed by atoms with van der Waals surface area (Å²) < 4.78 is 6.43. The number of nitrogens with zero attached hydrogens (tertiary/aromatic N) is 3. The summed E-state index contributed by atoms with van der Waals surface area (Å²) in [5.74, 6) is 1.89. The molecule has 0 unspecified atom stereocenters. The Labute approximate surface area is 288 Å². The average Bonchev–Trinajstić information content (AvgIpc) is 3.57. The summed E-state index contributed by atoms with van der Waals surface area (Å²) in [6.07, 6.45) is 0.796. The van der Waals surface area contributed by atoms with Crippen LogP contribution < -0.4 is 0 Å². The first-order chi connectivity index (χ1) is 24.8. The normalized spacial score (nSPS) is 11.7. The molecule has 0 aliphatic rings. The minimum atomic E-state index is 0.616. The summed E-state index contributed by atoms with van der Waals surface area (Å²) in [5.41, 5.74) is 6.92. The topological polar surface area (TPSA) is 51.8 Å². The molecule has 0 aliphatic carbocycles. The van der Waals surface area contributed by atoms with Crippen LogP contribution in [0.25, 0.3) is 88.4 Å². The van der Waals surface area contributed by atoms with Crippen LogP contribution in [0, 0.1) is 0 Å². The van der Waals surface area contributed by atoms with E-state index >= 15 is 0 Å². The van der Waals surface area contributed by atoms with Crippen LogP contribution in [-0.2, 0) is 6.42 Å². The van der Waals surface area contributed by atoms with E-state index in [9.17, 15) is 0 Å². The van der Waals surface area contributed by atoms with Crippen LogP contribution >= 0.6 is 0 Å². The monoisotopic (exact) mass is 639 g/mol. The van der Waals surface area contributed by atoms with Gasteiger partial charge in [-0.25, -0.2) is 15.0 Å². The van der Waals surface area contributed by atoms with Crippen molar-refractivity contribution in [2.75, 3.05) is 0 Å².